The van der Waals surface area contributed by atoms with Crippen LogP contribution in [0.25, 0.3) is 6.08 Å². The molecular weight excluding hydrogens is 385 g/mol. The summed E-state index contributed by atoms with van der Waals surface area (Å²) in [6, 6.07) is 5.99. The zero-order valence-electron chi connectivity index (χ0n) is 15.2. The van der Waals surface area contributed by atoms with E-state index < -0.39 is 17.0 Å². The first-order valence-electron chi connectivity index (χ1n) is 9.00. The fourth-order valence-corrected chi connectivity index (χ4v) is 3.85. The van der Waals surface area contributed by atoms with E-state index in [1.165, 1.54) is 18.2 Å². The molecule has 2 aliphatic rings. The van der Waals surface area contributed by atoms with Gasteiger partial charge in [-0.05, 0) is 30.3 Å². The molecule has 0 radical (unpaired) electrons. The highest BCUT2D eigenvalue weighted by atomic mass is 32.2. The van der Waals surface area contributed by atoms with E-state index in [2.05, 4.69) is 5.32 Å². The number of imide groups is 1. The zero-order chi connectivity index (χ0) is 20.1. The normalized spacial score (nSPS) is 18.5. The van der Waals surface area contributed by atoms with E-state index in [9.17, 15) is 23.6 Å². The lowest BCUT2D eigenvalue weighted by atomic mass is 10.2. The summed E-state index contributed by atoms with van der Waals surface area (Å²) in [5.41, 5.74) is 0.234. The van der Waals surface area contributed by atoms with E-state index in [4.69, 9.17) is 0 Å². The third kappa shape index (κ3) is 4.78. The number of nitrogens with zero attached hydrogens (tertiary/aromatic N) is 2. The summed E-state index contributed by atoms with van der Waals surface area (Å²) in [7, 11) is 0. The van der Waals surface area contributed by atoms with E-state index in [0.717, 1.165) is 23.1 Å². The molecule has 0 atom stereocenters. The van der Waals surface area contributed by atoms with Crippen LogP contribution in [0, 0.1) is 5.82 Å². The van der Waals surface area contributed by atoms with Gasteiger partial charge in [-0.2, -0.15) is 0 Å². The lowest BCUT2D eigenvalue weighted by Gasteiger charge is -2.16. The Hall–Kier alpha value is -2.68. The molecule has 1 N–H and O–H groups in total. The van der Waals surface area contributed by atoms with Gasteiger partial charge in [0.1, 0.15) is 5.82 Å². The van der Waals surface area contributed by atoms with Crippen molar-refractivity contribution in [2.24, 2.45) is 0 Å². The highest BCUT2D eigenvalue weighted by Crippen LogP contribution is 2.32. The summed E-state index contributed by atoms with van der Waals surface area (Å²) in [4.78, 5) is 50.7. The van der Waals surface area contributed by atoms with Gasteiger partial charge in [-0.3, -0.25) is 24.1 Å². The second-order valence-electron chi connectivity index (χ2n) is 6.44. The highest BCUT2D eigenvalue weighted by Gasteiger charge is 2.34. The van der Waals surface area contributed by atoms with Crippen LogP contribution in [0.2, 0.25) is 0 Å². The molecule has 7 nitrogen and oxygen atoms in total. The molecule has 0 spiro atoms. The van der Waals surface area contributed by atoms with Crippen LogP contribution in [0.3, 0.4) is 0 Å². The Morgan fingerprint density at radius 1 is 1.21 bits per heavy atom. The Bertz CT molecular complexity index is 842. The van der Waals surface area contributed by atoms with Gasteiger partial charge in [0.05, 0.1) is 4.91 Å². The van der Waals surface area contributed by atoms with Gasteiger partial charge in [-0.15, -0.1) is 0 Å². The van der Waals surface area contributed by atoms with Crippen LogP contribution >= 0.6 is 11.8 Å². The van der Waals surface area contributed by atoms with Crippen molar-refractivity contribution >= 4 is 40.8 Å². The van der Waals surface area contributed by atoms with Crippen LogP contribution in [0.15, 0.2) is 29.2 Å². The molecule has 0 saturated carbocycles. The summed E-state index contributed by atoms with van der Waals surface area (Å²) in [5.74, 6) is -1.16. The van der Waals surface area contributed by atoms with E-state index in [-0.39, 0.29) is 41.8 Å². The molecule has 9 heteroatoms. The molecule has 28 heavy (non-hydrogen) atoms. The average Bonchev–Trinajstić information content (AvgIpc) is 3.19. The monoisotopic (exact) mass is 405 g/mol. The second-order valence-corrected chi connectivity index (χ2v) is 7.43. The van der Waals surface area contributed by atoms with Crippen molar-refractivity contribution in [3.05, 3.63) is 40.6 Å². The second kappa shape index (κ2) is 9.01. The Kier molecular flexibility index (Phi) is 6.45. The van der Waals surface area contributed by atoms with Gasteiger partial charge >= 0.3 is 0 Å². The largest absolute Gasteiger partial charge is 0.354 e. The van der Waals surface area contributed by atoms with Crippen molar-refractivity contribution in [1.29, 1.82) is 0 Å². The van der Waals surface area contributed by atoms with Crippen molar-refractivity contribution in [2.75, 3.05) is 26.2 Å². The van der Waals surface area contributed by atoms with Gasteiger partial charge in [0.2, 0.25) is 11.8 Å². The van der Waals surface area contributed by atoms with Crippen LogP contribution in [-0.4, -0.2) is 58.9 Å². The van der Waals surface area contributed by atoms with Crippen LogP contribution in [0.5, 0.6) is 0 Å². The fraction of sp³-hybridized carbons (Fsp3) is 0.368. The summed E-state index contributed by atoms with van der Waals surface area (Å²) < 4.78 is 13.7. The molecule has 2 saturated heterocycles. The minimum Gasteiger partial charge on any atom is -0.354 e. The minimum atomic E-state index is -0.504. The first kappa shape index (κ1) is 20.1. The molecule has 3 rings (SSSR count). The van der Waals surface area contributed by atoms with Crippen molar-refractivity contribution in [1.82, 2.24) is 15.1 Å². The quantitative estimate of drug-likeness (QED) is 0.701. The summed E-state index contributed by atoms with van der Waals surface area (Å²) in [6.45, 7) is 1.21. The molecule has 148 valence electrons. The number of likely N-dealkylation sites (tertiary alicyclic amines) is 1. The number of benzene rings is 1. The number of halogens is 1. The maximum Gasteiger partial charge on any atom is 0.293 e. The molecule has 0 aromatic heterocycles. The Morgan fingerprint density at radius 3 is 2.71 bits per heavy atom. The van der Waals surface area contributed by atoms with Crippen molar-refractivity contribution < 1.29 is 23.6 Å². The minimum absolute atomic E-state index is 0.0354. The van der Waals surface area contributed by atoms with Crippen LogP contribution in [0.1, 0.15) is 24.8 Å². The Balaban J connectivity index is 1.47. The lowest BCUT2D eigenvalue weighted by molar-refractivity contribution is -0.129. The predicted molar refractivity (Wildman–Crippen MR) is 103 cm³/mol. The Morgan fingerprint density at radius 2 is 2.00 bits per heavy atom. The van der Waals surface area contributed by atoms with E-state index in [0.29, 0.717) is 19.5 Å². The fourth-order valence-electron chi connectivity index (χ4n) is 3.00. The lowest BCUT2D eigenvalue weighted by Crippen LogP contribution is -2.38. The summed E-state index contributed by atoms with van der Waals surface area (Å²) in [5, 5.41) is 2.20. The smallest absolute Gasteiger partial charge is 0.293 e. The third-order valence-corrected chi connectivity index (χ3v) is 5.41. The number of rotatable bonds is 7. The first-order chi connectivity index (χ1) is 13.5. The van der Waals surface area contributed by atoms with Crippen molar-refractivity contribution in [3.63, 3.8) is 0 Å². The molecule has 2 fully saturated rings. The standard InChI is InChI=1S/C19H20FN3O4S/c20-14-5-2-1-4-13(14)12-15-18(26)23(19(27)28-15)11-8-21-16(24)7-10-22-9-3-6-17(22)25/h1-2,4-5,12H,3,6-11H2,(H,21,24)/b15-12-. The first-order valence-corrected chi connectivity index (χ1v) is 9.82. The number of hydrogen-bond acceptors (Lipinski definition) is 5. The topological polar surface area (TPSA) is 86.8 Å². The number of amides is 4. The number of hydrogen-bond donors (Lipinski definition) is 1. The maximum absolute atomic E-state index is 13.7. The predicted octanol–water partition coefficient (Wildman–Crippen LogP) is 1.99. The molecule has 0 aliphatic carbocycles. The molecule has 2 aliphatic heterocycles. The zero-order valence-corrected chi connectivity index (χ0v) is 16.0. The van der Waals surface area contributed by atoms with Crippen LogP contribution in [0.4, 0.5) is 9.18 Å². The average molecular weight is 405 g/mol. The maximum atomic E-state index is 13.7. The third-order valence-electron chi connectivity index (χ3n) is 4.50. The molecule has 0 bridgehead atoms. The van der Waals surface area contributed by atoms with E-state index in [1.54, 1.807) is 17.0 Å². The van der Waals surface area contributed by atoms with Crippen molar-refractivity contribution in [3.8, 4) is 0 Å². The van der Waals surface area contributed by atoms with Gasteiger partial charge in [0.25, 0.3) is 11.1 Å². The van der Waals surface area contributed by atoms with Crippen molar-refractivity contribution in [2.45, 2.75) is 19.3 Å². The van der Waals surface area contributed by atoms with E-state index in [1.807, 2.05) is 0 Å². The Labute approximate surface area is 165 Å². The van der Waals surface area contributed by atoms with Gasteiger partial charge in [0, 0.05) is 44.6 Å². The van der Waals surface area contributed by atoms with Gasteiger partial charge in [-0.1, -0.05) is 18.2 Å². The molecule has 2 heterocycles. The number of thioether (sulfide) groups is 1. The van der Waals surface area contributed by atoms with Gasteiger partial charge in [0.15, 0.2) is 0 Å². The van der Waals surface area contributed by atoms with Crippen LogP contribution in [-0.2, 0) is 14.4 Å². The number of carbonyl (C=O) groups is 4. The molecule has 1 aromatic rings. The van der Waals surface area contributed by atoms with E-state index >= 15 is 0 Å². The molecule has 4 amide bonds. The van der Waals surface area contributed by atoms with Gasteiger partial charge < -0.3 is 10.2 Å². The summed E-state index contributed by atoms with van der Waals surface area (Å²) in [6.07, 6.45) is 2.88. The summed E-state index contributed by atoms with van der Waals surface area (Å²) >= 11 is 0.746. The number of nitrogens with one attached hydrogen (secondary N) is 1. The molecular formula is C19H20FN3O4S. The molecule has 1 aromatic carbocycles. The van der Waals surface area contributed by atoms with Gasteiger partial charge in [-0.25, -0.2) is 4.39 Å². The SMILES string of the molecule is O=C(CCN1CCCC1=O)NCCN1C(=O)S/C(=C\c2ccccc2F)C1=O. The number of carbonyl (C=O) groups excluding carboxylic acids is 4. The van der Waals surface area contributed by atoms with Crippen LogP contribution < -0.4 is 5.32 Å². The molecule has 0 unspecified atom stereocenters. The highest BCUT2D eigenvalue weighted by molar-refractivity contribution is 8.18.